The van der Waals surface area contributed by atoms with Crippen LogP contribution in [0.3, 0.4) is 0 Å². The topological polar surface area (TPSA) is 35.2 Å². The molecular weight excluding hydrogens is 214 g/mol. The van der Waals surface area contributed by atoms with Gasteiger partial charge in [-0.25, -0.2) is 4.39 Å². The summed E-state index contributed by atoms with van der Waals surface area (Å²) in [7, 11) is 1.10. The van der Waals surface area contributed by atoms with Crippen LogP contribution < -0.4 is 10.5 Å². The van der Waals surface area contributed by atoms with Gasteiger partial charge in [0, 0.05) is 6.54 Å². The molecule has 84 valence electrons. The van der Waals surface area contributed by atoms with E-state index < -0.39 is 23.3 Å². The van der Waals surface area contributed by atoms with E-state index in [1.54, 1.807) is 0 Å². The van der Waals surface area contributed by atoms with Gasteiger partial charge in [-0.3, -0.25) is 0 Å². The average Bonchev–Trinajstić information content (AvgIpc) is 2.15. The van der Waals surface area contributed by atoms with Gasteiger partial charge in [0.25, 0.3) is 0 Å². The van der Waals surface area contributed by atoms with Crippen LogP contribution in [0.25, 0.3) is 0 Å². The van der Waals surface area contributed by atoms with Crippen molar-refractivity contribution in [3.05, 3.63) is 29.1 Å². The van der Waals surface area contributed by atoms with E-state index in [1.807, 2.05) is 0 Å². The van der Waals surface area contributed by atoms with Crippen molar-refractivity contribution in [2.24, 2.45) is 5.73 Å². The van der Waals surface area contributed by atoms with E-state index in [2.05, 4.69) is 4.74 Å². The highest BCUT2D eigenvalue weighted by atomic mass is 19.4. The van der Waals surface area contributed by atoms with Gasteiger partial charge in [0.15, 0.2) is 11.6 Å². The minimum absolute atomic E-state index is 0.291. The molecule has 0 aliphatic carbocycles. The third kappa shape index (κ3) is 2.38. The number of nitrogens with two attached hydrogens (primary N) is 1. The fraction of sp³-hybridized carbons (Fsp3) is 0.333. The fourth-order valence-corrected chi connectivity index (χ4v) is 1.18. The van der Waals surface area contributed by atoms with Crippen LogP contribution in [-0.4, -0.2) is 7.11 Å². The van der Waals surface area contributed by atoms with Gasteiger partial charge in [-0.2, -0.15) is 13.2 Å². The number of benzene rings is 1. The van der Waals surface area contributed by atoms with Crippen molar-refractivity contribution < 1.29 is 22.3 Å². The second-order valence-electron chi connectivity index (χ2n) is 2.85. The van der Waals surface area contributed by atoms with Gasteiger partial charge < -0.3 is 10.5 Å². The van der Waals surface area contributed by atoms with Gasteiger partial charge in [-0.15, -0.1) is 0 Å². The highest BCUT2D eigenvalue weighted by Gasteiger charge is 2.34. The molecule has 0 bridgehead atoms. The van der Waals surface area contributed by atoms with E-state index >= 15 is 0 Å². The lowest BCUT2D eigenvalue weighted by Gasteiger charge is -2.13. The van der Waals surface area contributed by atoms with E-state index in [1.165, 1.54) is 0 Å². The Labute approximate surface area is 83.6 Å². The molecule has 1 rings (SSSR count). The van der Waals surface area contributed by atoms with Gasteiger partial charge in [-0.1, -0.05) is 0 Å². The van der Waals surface area contributed by atoms with E-state index in [4.69, 9.17) is 5.73 Å². The van der Waals surface area contributed by atoms with Crippen molar-refractivity contribution in [1.29, 1.82) is 0 Å². The third-order valence-corrected chi connectivity index (χ3v) is 1.90. The number of ether oxygens (including phenoxy) is 1. The Hall–Kier alpha value is -1.30. The quantitative estimate of drug-likeness (QED) is 0.781. The minimum Gasteiger partial charge on any atom is -0.494 e. The predicted molar refractivity (Wildman–Crippen MR) is 45.8 cm³/mol. The zero-order valence-corrected chi connectivity index (χ0v) is 7.86. The van der Waals surface area contributed by atoms with Gasteiger partial charge in [0.1, 0.15) is 0 Å². The maximum atomic E-state index is 13.1. The van der Waals surface area contributed by atoms with Gasteiger partial charge >= 0.3 is 6.18 Å². The molecule has 1 aromatic carbocycles. The molecule has 0 aliphatic rings. The van der Waals surface area contributed by atoms with Crippen LogP contribution in [0.5, 0.6) is 5.75 Å². The van der Waals surface area contributed by atoms with Crippen molar-refractivity contribution in [2.45, 2.75) is 12.7 Å². The molecular formula is C9H9F4NO. The Morgan fingerprint density at radius 1 is 1.33 bits per heavy atom. The minimum atomic E-state index is -4.56. The first kappa shape index (κ1) is 11.8. The lowest BCUT2D eigenvalue weighted by atomic mass is 10.1. The van der Waals surface area contributed by atoms with Crippen LogP contribution in [0.15, 0.2) is 12.1 Å². The third-order valence-electron chi connectivity index (χ3n) is 1.90. The smallest absolute Gasteiger partial charge is 0.416 e. The van der Waals surface area contributed by atoms with Gasteiger partial charge in [0.2, 0.25) is 0 Å². The molecule has 0 spiro atoms. The second-order valence-corrected chi connectivity index (χ2v) is 2.85. The summed E-state index contributed by atoms with van der Waals surface area (Å²) >= 11 is 0. The second kappa shape index (κ2) is 4.06. The molecule has 2 N–H and O–H groups in total. The molecule has 0 heterocycles. The predicted octanol–water partition coefficient (Wildman–Crippen LogP) is 2.31. The Kier molecular flexibility index (Phi) is 3.18. The normalized spacial score (nSPS) is 11.6. The summed E-state index contributed by atoms with van der Waals surface area (Å²) in [6.45, 7) is -0.379. The molecule has 1 aromatic rings. The summed E-state index contributed by atoms with van der Waals surface area (Å²) in [6.07, 6.45) is -4.56. The van der Waals surface area contributed by atoms with Gasteiger partial charge in [-0.05, 0) is 17.7 Å². The van der Waals surface area contributed by atoms with Gasteiger partial charge in [0.05, 0.1) is 12.7 Å². The summed E-state index contributed by atoms with van der Waals surface area (Å²) in [5.41, 5.74) is 3.84. The molecule has 0 atom stereocenters. The molecule has 6 heteroatoms. The SMILES string of the molecule is COc1cc(C(F)(F)F)c(CN)cc1F. The zero-order valence-electron chi connectivity index (χ0n) is 7.86. The number of methoxy groups -OCH3 is 1. The monoisotopic (exact) mass is 223 g/mol. The van der Waals surface area contributed by atoms with Crippen LogP contribution in [0.2, 0.25) is 0 Å². The molecule has 0 aromatic heterocycles. The highest BCUT2D eigenvalue weighted by molar-refractivity contribution is 5.38. The van der Waals surface area contributed by atoms with E-state index in [0.717, 1.165) is 13.2 Å². The number of hydrogen-bond donors (Lipinski definition) is 1. The van der Waals surface area contributed by atoms with Crippen molar-refractivity contribution in [2.75, 3.05) is 7.11 Å². The standard InChI is InChI=1S/C9H9F4NO/c1-15-8-3-6(9(11,12)13)5(4-14)2-7(8)10/h2-3H,4,14H2,1H3. The molecule has 0 amide bonds. The summed E-state index contributed by atoms with van der Waals surface area (Å²) in [5, 5.41) is 0. The van der Waals surface area contributed by atoms with Crippen molar-refractivity contribution in [1.82, 2.24) is 0 Å². The first-order valence-corrected chi connectivity index (χ1v) is 4.03. The van der Waals surface area contributed by atoms with Crippen molar-refractivity contribution in [3.8, 4) is 5.75 Å². The largest absolute Gasteiger partial charge is 0.494 e. The average molecular weight is 223 g/mol. The van der Waals surface area contributed by atoms with E-state index in [9.17, 15) is 17.6 Å². The molecule has 0 saturated carbocycles. The van der Waals surface area contributed by atoms with E-state index in [0.29, 0.717) is 6.07 Å². The number of hydrogen-bond acceptors (Lipinski definition) is 2. The molecule has 15 heavy (non-hydrogen) atoms. The van der Waals surface area contributed by atoms with Crippen molar-refractivity contribution in [3.63, 3.8) is 0 Å². The van der Waals surface area contributed by atoms with Crippen LogP contribution >= 0.6 is 0 Å². The first-order chi connectivity index (χ1) is 6.90. The van der Waals surface area contributed by atoms with Crippen LogP contribution in [0.4, 0.5) is 17.6 Å². The molecule has 2 nitrogen and oxygen atoms in total. The fourth-order valence-electron chi connectivity index (χ4n) is 1.18. The maximum Gasteiger partial charge on any atom is 0.416 e. The number of halogens is 4. The molecule has 0 fully saturated rings. The highest BCUT2D eigenvalue weighted by Crippen LogP contribution is 2.35. The zero-order chi connectivity index (χ0) is 11.6. The van der Waals surface area contributed by atoms with Crippen LogP contribution in [-0.2, 0) is 12.7 Å². The van der Waals surface area contributed by atoms with Crippen molar-refractivity contribution >= 4 is 0 Å². The molecule has 0 aliphatic heterocycles. The maximum absolute atomic E-state index is 13.1. The Morgan fingerprint density at radius 3 is 2.33 bits per heavy atom. The Bertz CT molecular complexity index is 362. The molecule has 0 radical (unpaired) electrons. The lowest BCUT2D eigenvalue weighted by Crippen LogP contribution is -2.13. The van der Waals surface area contributed by atoms with Crippen LogP contribution in [0.1, 0.15) is 11.1 Å². The number of rotatable bonds is 2. The summed E-state index contributed by atoms with van der Waals surface area (Å²) in [6, 6.07) is 1.35. The van der Waals surface area contributed by atoms with Crippen LogP contribution in [0, 0.1) is 5.82 Å². The number of alkyl halides is 3. The van der Waals surface area contributed by atoms with E-state index in [-0.39, 0.29) is 12.1 Å². The molecule has 0 saturated heterocycles. The Balaban J connectivity index is 3.36. The Morgan fingerprint density at radius 2 is 1.93 bits per heavy atom. The summed E-state index contributed by atoms with van der Waals surface area (Å²) < 4.78 is 54.9. The lowest BCUT2D eigenvalue weighted by molar-refractivity contribution is -0.138. The molecule has 0 unspecified atom stereocenters. The first-order valence-electron chi connectivity index (χ1n) is 4.03. The summed E-state index contributed by atoms with van der Waals surface area (Å²) in [5.74, 6) is -1.30. The summed E-state index contributed by atoms with van der Waals surface area (Å²) in [4.78, 5) is 0.